The number of anilines is 1. The predicted molar refractivity (Wildman–Crippen MR) is 77.5 cm³/mol. The average molecular weight is 289 g/mol. The summed E-state index contributed by atoms with van der Waals surface area (Å²) in [6, 6.07) is 0.946. The summed E-state index contributed by atoms with van der Waals surface area (Å²) in [7, 11) is 0. The van der Waals surface area contributed by atoms with Crippen LogP contribution in [0, 0.1) is 0 Å². The lowest BCUT2D eigenvalue weighted by molar-refractivity contribution is 0.112. The molecule has 0 radical (unpaired) electrons. The number of nitrogens with one attached hydrogen (secondary N) is 3. The van der Waals surface area contributed by atoms with E-state index in [0.717, 1.165) is 12.8 Å². The van der Waals surface area contributed by atoms with E-state index < -0.39 is 11.6 Å². The number of aromatic amines is 1. The van der Waals surface area contributed by atoms with Crippen molar-refractivity contribution in [1.82, 2.24) is 20.3 Å². The highest BCUT2D eigenvalue weighted by molar-refractivity contribution is 5.89. The van der Waals surface area contributed by atoms with Crippen LogP contribution in [0.4, 0.5) is 10.7 Å². The fourth-order valence-electron chi connectivity index (χ4n) is 1.69. The molecule has 2 aromatic heterocycles. The molecule has 0 atom stereocenters. The zero-order chi connectivity index (χ0) is 15.2. The van der Waals surface area contributed by atoms with Crippen molar-refractivity contribution in [3.05, 3.63) is 28.2 Å². The van der Waals surface area contributed by atoms with Crippen LogP contribution < -0.4 is 16.2 Å². The van der Waals surface area contributed by atoms with Crippen molar-refractivity contribution in [2.24, 2.45) is 0 Å². The van der Waals surface area contributed by atoms with E-state index in [9.17, 15) is 14.4 Å². The Morgan fingerprint density at radius 2 is 2.29 bits per heavy atom. The van der Waals surface area contributed by atoms with Gasteiger partial charge in [0.15, 0.2) is 11.9 Å². The molecule has 8 heteroatoms. The summed E-state index contributed by atoms with van der Waals surface area (Å²) < 4.78 is 0. The quantitative estimate of drug-likeness (QED) is 0.562. The summed E-state index contributed by atoms with van der Waals surface area (Å²) >= 11 is 0. The lowest BCUT2D eigenvalue weighted by Gasteiger charge is -2.06. The standard InChI is InChI=1S/C13H15N5O3/c1-2-3-4-14-13(21)18-12-16-10-9(11(20)17-12)5-8(7-19)6-15-10/h5-7H,2-4H2,1H3,(H3,14,15,16,17,18,20,21). The van der Waals surface area contributed by atoms with Crippen LogP contribution in [0.2, 0.25) is 0 Å². The van der Waals surface area contributed by atoms with Crippen molar-refractivity contribution in [3.8, 4) is 0 Å². The fourth-order valence-corrected chi connectivity index (χ4v) is 1.69. The molecular weight excluding hydrogens is 274 g/mol. The topological polar surface area (TPSA) is 117 Å². The Kier molecular flexibility index (Phi) is 4.60. The minimum atomic E-state index is -0.472. The predicted octanol–water partition coefficient (Wildman–Crippen LogP) is 1.05. The molecule has 8 nitrogen and oxygen atoms in total. The highest BCUT2D eigenvalue weighted by atomic mass is 16.2. The van der Waals surface area contributed by atoms with Crippen LogP contribution in [-0.4, -0.2) is 33.8 Å². The van der Waals surface area contributed by atoms with Crippen molar-refractivity contribution >= 4 is 29.3 Å². The molecule has 110 valence electrons. The van der Waals surface area contributed by atoms with Gasteiger partial charge in [0.2, 0.25) is 5.95 Å². The number of fused-ring (bicyclic) bond motifs is 1. The van der Waals surface area contributed by atoms with Crippen molar-refractivity contribution in [2.45, 2.75) is 19.8 Å². The Balaban J connectivity index is 2.20. The first-order valence-corrected chi connectivity index (χ1v) is 6.54. The van der Waals surface area contributed by atoms with Gasteiger partial charge in [-0.15, -0.1) is 0 Å². The molecular formula is C13H15N5O3. The zero-order valence-electron chi connectivity index (χ0n) is 11.5. The molecule has 0 aliphatic rings. The van der Waals surface area contributed by atoms with Crippen molar-refractivity contribution in [1.29, 1.82) is 0 Å². The second-order valence-electron chi connectivity index (χ2n) is 4.41. The molecule has 2 amide bonds. The molecule has 3 N–H and O–H groups in total. The number of hydrogen-bond acceptors (Lipinski definition) is 5. The van der Waals surface area contributed by atoms with Crippen molar-refractivity contribution in [2.75, 3.05) is 11.9 Å². The first-order chi connectivity index (χ1) is 10.1. The molecule has 0 bridgehead atoms. The number of urea groups is 1. The van der Waals surface area contributed by atoms with E-state index in [1.54, 1.807) is 0 Å². The van der Waals surface area contributed by atoms with Gasteiger partial charge in [0.05, 0.1) is 5.39 Å². The van der Waals surface area contributed by atoms with Gasteiger partial charge in [-0.3, -0.25) is 19.9 Å². The van der Waals surface area contributed by atoms with Gasteiger partial charge < -0.3 is 5.32 Å². The maximum absolute atomic E-state index is 11.9. The number of nitrogens with zero attached hydrogens (tertiary/aromatic N) is 2. The zero-order valence-corrected chi connectivity index (χ0v) is 11.5. The number of amides is 2. The summed E-state index contributed by atoms with van der Waals surface area (Å²) in [6.45, 7) is 2.56. The van der Waals surface area contributed by atoms with E-state index in [4.69, 9.17) is 0 Å². The lowest BCUT2D eigenvalue weighted by Crippen LogP contribution is -2.31. The van der Waals surface area contributed by atoms with Crippen LogP contribution in [0.1, 0.15) is 30.1 Å². The number of hydrogen-bond donors (Lipinski definition) is 3. The average Bonchev–Trinajstić information content (AvgIpc) is 2.47. The first-order valence-electron chi connectivity index (χ1n) is 6.54. The summed E-state index contributed by atoms with van der Waals surface area (Å²) in [6.07, 6.45) is 3.74. The molecule has 0 aliphatic carbocycles. The van der Waals surface area contributed by atoms with Gasteiger partial charge in [-0.2, -0.15) is 4.98 Å². The van der Waals surface area contributed by atoms with Gasteiger partial charge in [0.1, 0.15) is 0 Å². The third-order valence-corrected chi connectivity index (χ3v) is 2.77. The molecule has 0 spiro atoms. The van der Waals surface area contributed by atoms with Crippen LogP contribution in [0.5, 0.6) is 0 Å². The first kappa shape index (κ1) is 14.6. The van der Waals surface area contributed by atoms with Gasteiger partial charge >= 0.3 is 6.03 Å². The molecule has 0 fully saturated rings. The summed E-state index contributed by atoms with van der Waals surface area (Å²) in [5.41, 5.74) is -0.0268. The molecule has 0 saturated carbocycles. The third kappa shape index (κ3) is 3.62. The van der Waals surface area contributed by atoms with E-state index in [1.165, 1.54) is 12.3 Å². The maximum Gasteiger partial charge on any atom is 0.321 e. The Labute approximate surface area is 120 Å². The third-order valence-electron chi connectivity index (χ3n) is 2.77. The number of rotatable bonds is 5. The van der Waals surface area contributed by atoms with Gasteiger partial charge in [-0.25, -0.2) is 9.78 Å². The largest absolute Gasteiger partial charge is 0.338 e. The molecule has 0 aromatic carbocycles. The number of carbonyl (C=O) groups is 2. The summed E-state index contributed by atoms with van der Waals surface area (Å²) in [5.74, 6) is 0.00727. The Hall–Kier alpha value is -2.77. The van der Waals surface area contributed by atoms with Crippen LogP contribution in [0.3, 0.4) is 0 Å². The van der Waals surface area contributed by atoms with Crippen LogP contribution in [-0.2, 0) is 0 Å². The summed E-state index contributed by atoms with van der Waals surface area (Å²) in [5, 5.41) is 5.27. The normalized spacial score (nSPS) is 10.3. The molecule has 21 heavy (non-hydrogen) atoms. The van der Waals surface area contributed by atoms with E-state index in [2.05, 4.69) is 25.6 Å². The SMILES string of the molecule is CCCCNC(=O)Nc1nc2ncc(C=O)cc2c(=O)[nH]1. The minimum absolute atomic E-state index is 0.00727. The highest BCUT2D eigenvalue weighted by Gasteiger charge is 2.08. The van der Waals surface area contributed by atoms with E-state index >= 15 is 0 Å². The number of aromatic nitrogens is 3. The van der Waals surface area contributed by atoms with Crippen LogP contribution in [0.15, 0.2) is 17.1 Å². The Morgan fingerprint density at radius 3 is 3.00 bits per heavy atom. The smallest absolute Gasteiger partial charge is 0.321 e. The number of aldehydes is 1. The molecule has 0 aliphatic heterocycles. The number of H-pyrrole nitrogens is 1. The number of carbonyl (C=O) groups excluding carboxylic acids is 2. The number of unbranched alkanes of at least 4 members (excludes halogenated alkanes) is 1. The second kappa shape index (κ2) is 6.60. The number of pyridine rings is 1. The molecule has 2 heterocycles. The second-order valence-corrected chi connectivity index (χ2v) is 4.41. The monoisotopic (exact) mass is 289 g/mol. The summed E-state index contributed by atoms with van der Waals surface area (Å²) in [4.78, 5) is 44.5. The molecule has 2 aromatic rings. The minimum Gasteiger partial charge on any atom is -0.338 e. The van der Waals surface area contributed by atoms with E-state index in [1.807, 2.05) is 6.92 Å². The fraction of sp³-hybridized carbons (Fsp3) is 0.308. The van der Waals surface area contributed by atoms with Gasteiger partial charge in [-0.1, -0.05) is 13.3 Å². The van der Waals surface area contributed by atoms with Crippen LogP contribution >= 0.6 is 0 Å². The van der Waals surface area contributed by atoms with Gasteiger partial charge in [-0.05, 0) is 12.5 Å². The molecule has 0 saturated heterocycles. The molecule has 0 unspecified atom stereocenters. The van der Waals surface area contributed by atoms with E-state index in [0.29, 0.717) is 12.8 Å². The van der Waals surface area contributed by atoms with Crippen molar-refractivity contribution in [3.63, 3.8) is 0 Å². The molecule has 2 rings (SSSR count). The van der Waals surface area contributed by atoms with Gasteiger partial charge in [0, 0.05) is 18.3 Å². The van der Waals surface area contributed by atoms with Crippen LogP contribution in [0.25, 0.3) is 11.0 Å². The maximum atomic E-state index is 11.9. The van der Waals surface area contributed by atoms with Gasteiger partial charge in [0.25, 0.3) is 5.56 Å². The van der Waals surface area contributed by atoms with E-state index in [-0.39, 0.29) is 22.5 Å². The van der Waals surface area contributed by atoms with Crippen molar-refractivity contribution < 1.29 is 9.59 Å². The highest BCUT2D eigenvalue weighted by Crippen LogP contribution is 2.07. The Morgan fingerprint density at radius 1 is 1.48 bits per heavy atom. The lowest BCUT2D eigenvalue weighted by atomic mass is 10.2. The Bertz CT molecular complexity index is 725.